The molecule has 0 aliphatic carbocycles. The van der Waals surface area contributed by atoms with E-state index in [4.69, 9.17) is 9.47 Å². The molecule has 28 heavy (non-hydrogen) atoms. The summed E-state index contributed by atoms with van der Waals surface area (Å²) < 4.78 is 51.2. The zero-order chi connectivity index (χ0) is 20.1. The van der Waals surface area contributed by atoms with Crippen LogP contribution in [0.1, 0.15) is 19.8 Å². The van der Waals surface area contributed by atoms with Gasteiger partial charge in [0.05, 0.1) is 19.0 Å². The summed E-state index contributed by atoms with van der Waals surface area (Å²) in [5.41, 5.74) is 0.345. The van der Waals surface area contributed by atoms with E-state index in [2.05, 4.69) is 11.7 Å². The summed E-state index contributed by atoms with van der Waals surface area (Å²) in [5, 5.41) is 4.02. The molecule has 1 saturated heterocycles. The van der Waals surface area contributed by atoms with Crippen LogP contribution in [0.3, 0.4) is 0 Å². The van der Waals surface area contributed by atoms with Crippen molar-refractivity contribution in [2.45, 2.75) is 19.8 Å². The van der Waals surface area contributed by atoms with Crippen LogP contribution < -0.4 is 4.74 Å². The Morgan fingerprint density at radius 2 is 2.25 bits per heavy atom. The molecule has 2 atom stereocenters. The minimum Gasteiger partial charge on any atom is -0.493 e. The molecule has 0 amide bonds. The van der Waals surface area contributed by atoms with Crippen LogP contribution in [-0.2, 0) is 14.6 Å². The van der Waals surface area contributed by atoms with E-state index in [1.54, 1.807) is 37.5 Å². The van der Waals surface area contributed by atoms with E-state index in [1.807, 2.05) is 0 Å². The fourth-order valence-electron chi connectivity index (χ4n) is 3.30. The van der Waals surface area contributed by atoms with Crippen LogP contribution in [0.25, 0.3) is 5.69 Å². The van der Waals surface area contributed by atoms with Gasteiger partial charge in [-0.15, -0.1) is 0 Å². The normalized spacial score (nSPS) is 20.1. The number of benzene rings is 1. The summed E-state index contributed by atoms with van der Waals surface area (Å²) in [5.74, 6) is 0.165. The topological polar surface area (TPSA) is 70.4 Å². The quantitative estimate of drug-likeness (QED) is 0.670. The van der Waals surface area contributed by atoms with E-state index >= 15 is 0 Å². The number of sulfone groups is 1. The number of hydrogen-bond acceptors (Lipinski definition) is 5. The Morgan fingerprint density at radius 1 is 1.43 bits per heavy atom. The van der Waals surface area contributed by atoms with Crippen LogP contribution in [0.5, 0.6) is 5.75 Å². The van der Waals surface area contributed by atoms with Gasteiger partial charge in [0.2, 0.25) is 0 Å². The van der Waals surface area contributed by atoms with Gasteiger partial charge in [-0.05, 0) is 37.0 Å². The first-order valence-corrected chi connectivity index (χ1v) is 11.0. The molecule has 1 aromatic heterocycles. The molecule has 0 N–H and O–H groups in total. The standard InChI is InChI=1S/C20H25FN2O4S/c1-3-28(24,25)15(2)11-16-7-10-26-13-17(16)14-27-18-5-6-20(19(21)12-18)23-9-4-8-22-23/h4-6,8-9,12,16-17H,2-3,7,10-11,13-14H2,1H3/t16?,17-/m1/s1. The highest BCUT2D eigenvalue weighted by Gasteiger charge is 2.29. The van der Waals surface area contributed by atoms with Crippen molar-refractivity contribution in [3.63, 3.8) is 0 Å². The number of ether oxygens (including phenoxy) is 2. The summed E-state index contributed by atoms with van der Waals surface area (Å²) in [7, 11) is -3.25. The number of rotatable bonds is 8. The molecule has 1 fully saturated rings. The Morgan fingerprint density at radius 3 is 2.93 bits per heavy atom. The molecule has 2 aromatic rings. The van der Waals surface area contributed by atoms with Crippen molar-refractivity contribution < 1.29 is 22.3 Å². The van der Waals surface area contributed by atoms with E-state index in [-0.39, 0.29) is 22.5 Å². The molecule has 1 unspecified atom stereocenters. The van der Waals surface area contributed by atoms with Crippen LogP contribution in [0.15, 0.2) is 48.1 Å². The third-order valence-corrected chi connectivity index (χ3v) is 6.88. The summed E-state index contributed by atoms with van der Waals surface area (Å²) in [6, 6.07) is 6.36. The summed E-state index contributed by atoms with van der Waals surface area (Å²) in [6.07, 6.45) is 4.40. The van der Waals surface area contributed by atoms with Crippen molar-refractivity contribution in [3.05, 3.63) is 54.0 Å². The molecule has 1 aliphatic heterocycles. The summed E-state index contributed by atoms with van der Waals surface area (Å²) >= 11 is 0. The van der Waals surface area contributed by atoms with Crippen LogP contribution in [0, 0.1) is 17.7 Å². The molecule has 0 saturated carbocycles. The lowest BCUT2D eigenvalue weighted by Gasteiger charge is -2.31. The number of allylic oxidation sites excluding steroid dienone is 1. The third kappa shape index (κ3) is 4.80. The van der Waals surface area contributed by atoms with E-state index in [0.717, 1.165) is 6.42 Å². The zero-order valence-electron chi connectivity index (χ0n) is 15.9. The van der Waals surface area contributed by atoms with Gasteiger partial charge >= 0.3 is 0 Å². The second-order valence-corrected chi connectivity index (χ2v) is 9.29. The van der Waals surface area contributed by atoms with Gasteiger partial charge in [-0.1, -0.05) is 13.5 Å². The Hall–Kier alpha value is -2.19. The minimum atomic E-state index is -3.25. The molecule has 0 bridgehead atoms. The molecule has 3 rings (SSSR count). The van der Waals surface area contributed by atoms with E-state index in [9.17, 15) is 12.8 Å². The molecule has 8 heteroatoms. The molecular weight excluding hydrogens is 383 g/mol. The Labute approximate surface area is 164 Å². The Kier molecular flexibility index (Phi) is 6.51. The lowest BCUT2D eigenvalue weighted by atomic mass is 9.86. The monoisotopic (exact) mass is 408 g/mol. The maximum absolute atomic E-state index is 14.4. The first-order chi connectivity index (χ1) is 13.4. The number of halogens is 1. The van der Waals surface area contributed by atoms with E-state index < -0.39 is 15.7 Å². The largest absolute Gasteiger partial charge is 0.493 e. The van der Waals surface area contributed by atoms with Crippen molar-refractivity contribution in [1.82, 2.24) is 9.78 Å². The zero-order valence-corrected chi connectivity index (χ0v) is 16.7. The van der Waals surface area contributed by atoms with Gasteiger partial charge in [0.15, 0.2) is 15.7 Å². The SMILES string of the molecule is C=C(CC1CCOC[C@@H]1COc1ccc(-n2cccn2)c(F)c1)S(=O)(=O)CC. The molecule has 152 valence electrons. The van der Waals surface area contributed by atoms with Gasteiger partial charge in [0.1, 0.15) is 11.4 Å². The fourth-order valence-corrected chi connectivity index (χ4v) is 4.17. The third-order valence-electron chi connectivity index (χ3n) is 5.08. The second kappa shape index (κ2) is 8.87. The highest BCUT2D eigenvalue weighted by molar-refractivity contribution is 7.95. The maximum Gasteiger partial charge on any atom is 0.173 e. The average Bonchev–Trinajstić information content (AvgIpc) is 3.21. The molecule has 1 aromatic carbocycles. The average molecular weight is 408 g/mol. The number of nitrogens with zero attached hydrogens (tertiary/aromatic N) is 2. The van der Waals surface area contributed by atoms with Gasteiger partial charge in [0, 0.05) is 35.9 Å². The van der Waals surface area contributed by atoms with Crippen LogP contribution in [0.2, 0.25) is 0 Å². The van der Waals surface area contributed by atoms with Crippen molar-refractivity contribution in [2.24, 2.45) is 11.8 Å². The first-order valence-electron chi connectivity index (χ1n) is 9.31. The number of hydrogen-bond donors (Lipinski definition) is 0. The fraction of sp³-hybridized carbons (Fsp3) is 0.450. The lowest BCUT2D eigenvalue weighted by Crippen LogP contribution is -2.33. The smallest absolute Gasteiger partial charge is 0.173 e. The molecule has 2 heterocycles. The number of aromatic nitrogens is 2. The van der Waals surface area contributed by atoms with Crippen LogP contribution >= 0.6 is 0 Å². The maximum atomic E-state index is 14.4. The second-order valence-electron chi connectivity index (χ2n) is 6.90. The van der Waals surface area contributed by atoms with Gasteiger partial charge in [-0.25, -0.2) is 17.5 Å². The molecule has 0 spiro atoms. The molecular formula is C20H25FN2O4S. The minimum absolute atomic E-state index is 0.0198. The van der Waals surface area contributed by atoms with Gasteiger partial charge in [-0.3, -0.25) is 0 Å². The van der Waals surface area contributed by atoms with E-state index in [1.165, 1.54) is 10.7 Å². The Balaban J connectivity index is 1.63. The molecule has 1 aliphatic rings. The van der Waals surface area contributed by atoms with Gasteiger partial charge < -0.3 is 9.47 Å². The molecule has 0 radical (unpaired) electrons. The van der Waals surface area contributed by atoms with Gasteiger partial charge in [0.25, 0.3) is 0 Å². The van der Waals surface area contributed by atoms with Crippen LogP contribution in [0.4, 0.5) is 4.39 Å². The highest BCUT2D eigenvalue weighted by atomic mass is 32.2. The van der Waals surface area contributed by atoms with Crippen LogP contribution in [-0.4, -0.2) is 43.8 Å². The predicted octanol–water partition coefficient (Wildman–Crippen LogP) is 3.38. The van der Waals surface area contributed by atoms with Gasteiger partial charge in [-0.2, -0.15) is 5.10 Å². The summed E-state index contributed by atoms with van der Waals surface area (Å²) in [6.45, 7) is 6.78. The predicted molar refractivity (Wildman–Crippen MR) is 105 cm³/mol. The van der Waals surface area contributed by atoms with Crippen molar-refractivity contribution in [3.8, 4) is 11.4 Å². The molecule has 6 nitrogen and oxygen atoms in total. The highest BCUT2D eigenvalue weighted by Crippen LogP contribution is 2.30. The van der Waals surface area contributed by atoms with E-state index in [0.29, 0.717) is 37.7 Å². The van der Waals surface area contributed by atoms with Crippen molar-refractivity contribution in [2.75, 3.05) is 25.6 Å². The summed E-state index contributed by atoms with van der Waals surface area (Å²) in [4.78, 5) is 0.265. The van der Waals surface area contributed by atoms with Crippen molar-refractivity contribution >= 4 is 9.84 Å². The Bertz CT molecular complexity index is 912. The lowest BCUT2D eigenvalue weighted by molar-refractivity contribution is -0.00169. The van der Waals surface area contributed by atoms with Crippen molar-refractivity contribution in [1.29, 1.82) is 0 Å². The first kappa shape index (κ1) is 20.5.